The predicted molar refractivity (Wildman–Crippen MR) is 71.7 cm³/mol. The summed E-state index contributed by atoms with van der Waals surface area (Å²) in [6.45, 7) is 4.42. The summed E-state index contributed by atoms with van der Waals surface area (Å²) in [6, 6.07) is -0.0346. The van der Waals surface area contributed by atoms with Crippen LogP contribution in [0.4, 0.5) is 0 Å². The number of carbonyl (C=O) groups excluding carboxylic acids is 1. The van der Waals surface area contributed by atoms with Gasteiger partial charge in [-0.15, -0.1) is 0 Å². The highest BCUT2D eigenvalue weighted by Gasteiger charge is 2.43. The van der Waals surface area contributed by atoms with Crippen LogP contribution < -0.4 is 0 Å². The molecule has 0 aliphatic heterocycles. The van der Waals surface area contributed by atoms with Crippen molar-refractivity contribution in [2.45, 2.75) is 39.2 Å². The molecule has 0 saturated heterocycles. The van der Waals surface area contributed by atoms with Crippen molar-refractivity contribution in [2.24, 2.45) is 17.8 Å². The quantitative estimate of drug-likeness (QED) is 0.797. The molecule has 1 amide bonds. The highest BCUT2D eigenvalue weighted by Crippen LogP contribution is 2.39. The number of methoxy groups -OCH3 is 1. The molecule has 0 bridgehead atoms. The molecule has 1 fully saturated rings. The maximum Gasteiger partial charge on any atom is 0.307 e. The molecule has 19 heavy (non-hydrogen) atoms. The molecular weight excluding hydrogens is 246 g/mol. The molecule has 0 aromatic rings. The third-order valence-corrected chi connectivity index (χ3v) is 4.29. The zero-order valence-corrected chi connectivity index (χ0v) is 12.3. The minimum atomic E-state index is -0.845. The van der Waals surface area contributed by atoms with Crippen LogP contribution in [0, 0.1) is 17.8 Å². The topological polar surface area (TPSA) is 66.8 Å². The van der Waals surface area contributed by atoms with Crippen molar-refractivity contribution >= 4 is 11.9 Å². The fourth-order valence-corrected chi connectivity index (χ4v) is 2.85. The second-order valence-corrected chi connectivity index (χ2v) is 5.55. The van der Waals surface area contributed by atoms with Gasteiger partial charge in [0, 0.05) is 14.2 Å². The molecular formula is C14H25NO4. The van der Waals surface area contributed by atoms with E-state index in [9.17, 15) is 14.7 Å². The molecule has 0 radical (unpaired) electrons. The van der Waals surface area contributed by atoms with E-state index in [2.05, 4.69) is 0 Å². The lowest BCUT2D eigenvalue weighted by Gasteiger charge is -2.28. The Morgan fingerprint density at radius 3 is 2.42 bits per heavy atom. The van der Waals surface area contributed by atoms with Gasteiger partial charge in [-0.25, -0.2) is 0 Å². The van der Waals surface area contributed by atoms with Crippen molar-refractivity contribution in [1.82, 2.24) is 4.90 Å². The predicted octanol–water partition coefficient (Wildman–Crippen LogP) is 1.62. The summed E-state index contributed by atoms with van der Waals surface area (Å²) in [5, 5.41) is 9.27. The number of likely N-dealkylation sites (N-methyl/N-ethyl adjacent to an activating group) is 1. The Morgan fingerprint density at radius 1 is 1.37 bits per heavy atom. The highest BCUT2D eigenvalue weighted by atomic mass is 16.5. The van der Waals surface area contributed by atoms with E-state index in [4.69, 9.17) is 4.74 Å². The van der Waals surface area contributed by atoms with Gasteiger partial charge in [0.05, 0.1) is 24.5 Å². The molecule has 4 atom stereocenters. The molecule has 4 unspecified atom stereocenters. The number of hydrogen-bond acceptors (Lipinski definition) is 3. The normalized spacial score (nSPS) is 28.1. The van der Waals surface area contributed by atoms with Crippen LogP contribution in [0.25, 0.3) is 0 Å². The van der Waals surface area contributed by atoms with Crippen LogP contribution in [-0.4, -0.2) is 48.7 Å². The van der Waals surface area contributed by atoms with Gasteiger partial charge in [-0.05, 0) is 25.7 Å². The Balaban J connectivity index is 2.76. The molecule has 0 heterocycles. The van der Waals surface area contributed by atoms with E-state index in [1.54, 1.807) is 19.1 Å². The summed E-state index contributed by atoms with van der Waals surface area (Å²) >= 11 is 0. The van der Waals surface area contributed by atoms with Crippen molar-refractivity contribution in [1.29, 1.82) is 0 Å². The molecule has 110 valence electrons. The minimum absolute atomic E-state index is 0.0346. The number of carboxylic acid groups (broad SMARTS) is 1. The number of ether oxygens (including phenoxy) is 1. The van der Waals surface area contributed by atoms with Crippen molar-refractivity contribution in [3.63, 3.8) is 0 Å². The lowest BCUT2D eigenvalue weighted by Crippen LogP contribution is -2.43. The number of nitrogens with zero attached hydrogens (tertiary/aromatic N) is 1. The Labute approximate surface area is 114 Å². The zero-order chi connectivity index (χ0) is 14.6. The highest BCUT2D eigenvalue weighted by molar-refractivity contribution is 5.85. The maximum atomic E-state index is 12.4. The average Bonchev–Trinajstić information content (AvgIpc) is 2.81. The standard InChI is InChI=1S/C14H25NO4/c1-5-10-6-11(12(7-10)14(17)18)13(16)15(3)9(2)8-19-4/h9-12H,5-8H2,1-4H3,(H,17,18). The zero-order valence-electron chi connectivity index (χ0n) is 12.3. The second-order valence-electron chi connectivity index (χ2n) is 5.55. The van der Waals surface area contributed by atoms with Gasteiger partial charge in [0.1, 0.15) is 0 Å². The molecule has 0 aromatic heterocycles. The first-order valence-electron chi connectivity index (χ1n) is 6.90. The number of rotatable bonds is 6. The first-order chi connectivity index (χ1) is 8.92. The molecule has 1 rings (SSSR count). The third-order valence-electron chi connectivity index (χ3n) is 4.29. The van der Waals surface area contributed by atoms with Crippen LogP contribution in [0.5, 0.6) is 0 Å². The molecule has 0 aromatic carbocycles. The Kier molecular flexibility index (Phi) is 5.79. The summed E-state index contributed by atoms with van der Waals surface area (Å²) < 4.78 is 5.04. The number of carboxylic acids is 1. The average molecular weight is 271 g/mol. The fraction of sp³-hybridized carbons (Fsp3) is 0.857. The van der Waals surface area contributed by atoms with Gasteiger partial charge < -0.3 is 14.7 Å². The summed E-state index contributed by atoms with van der Waals surface area (Å²) in [5.74, 6) is -1.47. The minimum Gasteiger partial charge on any atom is -0.481 e. The van der Waals surface area contributed by atoms with Gasteiger partial charge in [-0.1, -0.05) is 13.3 Å². The number of amides is 1. The van der Waals surface area contributed by atoms with E-state index in [1.165, 1.54) is 0 Å². The number of aliphatic carboxylic acids is 1. The molecule has 0 spiro atoms. The molecule has 1 N–H and O–H groups in total. The number of carbonyl (C=O) groups is 2. The van der Waals surface area contributed by atoms with Gasteiger partial charge >= 0.3 is 5.97 Å². The SMILES string of the molecule is CCC1CC(C(=O)O)C(C(=O)N(C)C(C)COC)C1. The first-order valence-corrected chi connectivity index (χ1v) is 6.90. The largest absolute Gasteiger partial charge is 0.481 e. The Hall–Kier alpha value is -1.10. The Morgan fingerprint density at radius 2 is 1.95 bits per heavy atom. The summed E-state index contributed by atoms with van der Waals surface area (Å²) in [7, 11) is 3.32. The lowest BCUT2D eigenvalue weighted by molar-refractivity contribution is -0.149. The molecule has 1 aliphatic rings. The van der Waals surface area contributed by atoms with Crippen LogP contribution in [0.2, 0.25) is 0 Å². The molecule has 1 saturated carbocycles. The third kappa shape index (κ3) is 3.69. The molecule has 5 heteroatoms. The lowest BCUT2D eigenvalue weighted by atomic mass is 9.94. The van der Waals surface area contributed by atoms with Gasteiger partial charge in [-0.3, -0.25) is 9.59 Å². The van der Waals surface area contributed by atoms with Gasteiger partial charge in [0.15, 0.2) is 0 Å². The van der Waals surface area contributed by atoms with E-state index in [-0.39, 0.29) is 17.9 Å². The maximum absolute atomic E-state index is 12.4. The van der Waals surface area contributed by atoms with E-state index in [1.807, 2.05) is 13.8 Å². The first kappa shape index (κ1) is 16.0. The Bertz CT molecular complexity index is 331. The summed E-state index contributed by atoms with van der Waals surface area (Å²) in [6.07, 6.45) is 2.25. The molecule has 1 aliphatic carbocycles. The van der Waals surface area contributed by atoms with E-state index in [0.29, 0.717) is 25.4 Å². The van der Waals surface area contributed by atoms with Gasteiger partial charge in [0.25, 0.3) is 0 Å². The summed E-state index contributed by atoms with van der Waals surface area (Å²) in [4.78, 5) is 25.4. The van der Waals surface area contributed by atoms with Crippen LogP contribution >= 0.6 is 0 Å². The van der Waals surface area contributed by atoms with Crippen LogP contribution in [0.3, 0.4) is 0 Å². The van der Waals surface area contributed by atoms with Crippen molar-refractivity contribution in [3.05, 3.63) is 0 Å². The second kappa shape index (κ2) is 6.89. The van der Waals surface area contributed by atoms with E-state index < -0.39 is 11.9 Å². The fourth-order valence-electron chi connectivity index (χ4n) is 2.85. The van der Waals surface area contributed by atoms with E-state index >= 15 is 0 Å². The van der Waals surface area contributed by atoms with Crippen molar-refractivity contribution < 1.29 is 19.4 Å². The van der Waals surface area contributed by atoms with Crippen LogP contribution in [-0.2, 0) is 14.3 Å². The number of hydrogen-bond donors (Lipinski definition) is 1. The summed E-state index contributed by atoms with van der Waals surface area (Å²) in [5.41, 5.74) is 0. The van der Waals surface area contributed by atoms with Gasteiger partial charge in [0.2, 0.25) is 5.91 Å². The smallest absolute Gasteiger partial charge is 0.307 e. The molecule has 5 nitrogen and oxygen atoms in total. The van der Waals surface area contributed by atoms with Gasteiger partial charge in [-0.2, -0.15) is 0 Å². The van der Waals surface area contributed by atoms with E-state index in [0.717, 1.165) is 6.42 Å². The van der Waals surface area contributed by atoms with Crippen LogP contribution in [0.15, 0.2) is 0 Å². The van der Waals surface area contributed by atoms with Crippen LogP contribution in [0.1, 0.15) is 33.1 Å². The van der Waals surface area contributed by atoms with Crippen molar-refractivity contribution in [3.8, 4) is 0 Å². The van der Waals surface area contributed by atoms with Crippen molar-refractivity contribution in [2.75, 3.05) is 20.8 Å². The monoisotopic (exact) mass is 271 g/mol.